The highest BCUT2D eigenvalue weighted by atomic mass is 28.4. The summed E-state index contributed by atoms with van der Waals surface area (Å²) in [5.74, 6) is 0. The van der Waals surface area contributed by atoms with Gasteiger partial charge in [-0.25, -0.2) is 0 Å². The van der Waals surface area contributed by atoms with Crippen molar-refractivity contribution < 1.29 is 6.11 Å². The molecule has 0 rings (SSSR count). The normalized spacial score (nSPS) is 15.1. The zero-order valence-electron chi connectivity index (χ0n) is 16.5. The molecule has 1 atom stereocenters. The van der Waals surface area contributed by atoms with Crippen molar-refractivity contribution >= 4 is 16.1 Å². The van der Waals surface area contributed by atoms with Gasteiger partial charge < -0.3 is 4.74 Å². The Balaban J connectivity index is 5.41. The Kier molecular flexibility index (Phi) is 9.86. The maximum atomic E-state index is 7.73. The molecule has 0 saturated carbocycles. The van der Waals surface area contributed by atoms with Gasteiger partial charge in [0.15, 0.2) is 0 Å². The molecule has 0 aromatic rings. The second-order valence-electron chi connectivity index (χ2n) is 6.43. The van der Waals surface area contributed by atoms with Crippen LogP contribution in [0.5, 0.6) is 0 Å². The van der Waals surface area contributed by atoms with E-state index in [1.54, 1.807) is 6.08 Å². The van der Waals surface area contributed by atoms with Crippen molar-refractivity contribution in [3.8, 4) is 0 Å². The summed E-state index contributed by atoms with van der Waals surface area (Å²) >= 11 is 0. The SMILES string of the molecule is [2H][C@H](C=C)OCCC([Si](CC)(CC)CC)[Si](CC)(CC)CC. The van der Waals surface area contributed by atoms with Crippen molar-refractivity contribution in [3.63, 3.8) is 0 Å². The number of hydrogen-bond donors (Lipinski definition) is 0. The van der Waals surface area contributed by atoms with Gasteiger partial charge in [-0.15, -0.1) is 6.58 Å². The van der Waals surface area contributed by atoms with E-state index in [0.29, 0.717) is 0 Å². The first-order chi connectivity index (χ1) is 10.5. The fourth-order valence-corrected chi connectivity index (χ4v) is 20.8. The molecule has 0 unspecified atom stereocenters. The summed E-state index contributed by atoms with van der Waals surface area (Å²) in [6, 6.07) is 8.45. The zero-order chi connectivity index (χ0) is 17.2. The van der Waals surface area contributed by atoms with Crippen LogP contribution < -0.4 is 0 Å². The molecule has 0 aliphatic rings. The van der Waals surface area contributed by atoms with Crippen LogP contribution >= 0.6 is 0 Å². The summed E-state index contributed by atoms with van der Waals surface area (Å²) in [7, 11) is -2.47. The molecule has 0 bridgehead atoms. The molecule has 0 saturated heterocycles. The van der Waals surface area contributed by atoms with E-state index >= 15 is 0 Å². The van der Waals surface area contributed by atoms with Crippen LogP contribution in [0.15, 0.2) is 12.7 Å². The third-order valence-corrected chi connectivity index (χ3v) is 22.1. The maximum absolute atomic E-state index is 7.73. The standard InChI is InChI=1S/C18H40OSi2/c1-8-16-19-17-15-18(20(9-2,10-3)11-4)21(12-5,13-6)14-7/h8,18H,1,9-17H2,2-7H3/i16D/t16-/m1/s1. The van der Waals surface area contributed by atoms with Crippen LogP contribution in [-0.4, -0.2) is 29.3 Å². The van der Waals surface area contributed by atoms with Gasteiger partial charge in [0.05, 0.1) is 24.1 Å². The third kappa shape index (κ3) is 5.07. The topological polar surface area (TPSA) is 9.23 Å². The second-order valence-corrected chi connectivity index (χ2v) is 18.1. The summed E-state index contributed by atoms with van der Waals surface area (Å²) in [6.07, 6.45) is 2.77. The Morgan fingerprint density at radius 1 is 0.905 bits per heavy atom. The lowest BCUT2D eigenvalue weighted by atomic mass is 10.5. The fourth-order valence-electron chi connectivity index (χ4n) is 4.56. The zero-order valence-corrected chi connectivity index (χ0v) is 17.5. The third-order valence-electron chi connectivity index (χ3n) is 6.42. The Bertz CT molecular complexity index is 265. The maximum Gasteiger partial charge on any atom is 0.0644 e. The van der Waals surface area contributed by atoms with Gasteiger partial charge in [0.25, 0.3) is 0 Å². The largest absolute Gasteiger partial charge is 0.377 e. The lowest BCUT2D eigenvalue weighted by Crippen LogP contribution is -2.53. The van der Waals surface area contributed by atoms with Crippen LogP contribution in [0.1, 0.15) is 49.3 Å². The minimum Gasteiger partial charge on any atom is -0.377 e. The van der Waals surface area contributed by atoms with E-state index in [2.05, 4.69) is 48.1 Å². The molecular weight excluding hydrogens is 288 g/mol. The number of rotatable bonds is 13. The van der Waals surface area contributed by atoms with Gasteiger partial charge in [-0.1, -0.05) is 83.9 Å². The van der Waals surface area contributed by atoms with E-state index in [9.17, 15) is 0 Å². The van der Waals surface area contributed by atoms with E-state index < -0.39 is 22.7 Å². The van der Waals surface area contributed by atoms with Crippen LogP contribution in [0.2, 0.25) is 41.4 Å². The molecule has 0 spiro atoms. The molecule has 0 aliphatic heterocycles. The van der Waals surface area contributed by atoms with Gasteiger partial charge in [0.1, 0.15) is 0 Å². The molecule has 0 heterocycles. The number of ether oxygens (including phenoxy) is 1. The van der Waals surface area contributed by atoms with Gasteiger partial charge in [-0.05, 0) is 11.6 Å². The average Bonchev–Trinajstić information content (AvgIpc) is 2.58. The number of hydrogen-bond acceptors (Lipinski definition) is 1. The van der Waals surface area contributed by atoms with Crippen LogP contribution in [0, 0.1) is 0 Å². The van der Waals surface area contributed by atoms with Crippen molar-refractivity contribution in [3.05, 3.63) is 12.7 Å². The van der Waals surface area contributed by atoms with E-state index in [1.165, 1.54) is 42.7 Å². The summed E-state index contributed by atoms with van der Waals surface area (Å²) in [6.45, 7) is 18.5. The van der Waals surface area contributed by atoms with E-state index in [1.807, 2.05) is 0 Å². The van der Waals surface area contributed by atoms with Gasteiger partial charge in [-0.3, -0.25) is 0 Å². The van der Waals surface area contributed by atoms with Crippen LogP contribution in [-0.2, 0) is 4.74 Å². The predicted molar refractivity (Wildman–Crippen MR) is 104 cm³/mol. The minimum absolute atomic E-state index is 0.553. The first kappa shape index (κ1) is 19.2. The molecule has 0 N–H and O–H groups in total. The molecule has 0 aliphatic carbocycles. The summed E-state index contributed by atoms with van der Waals surface area (Å²) in [5, 5.41) is 0.942. The first-order valence-corrected chi connectivity index (χ1v) is 14.5. The average molecular weight is 330 g/mol. The molecule has 0 radical (unpaired) electrons. The lowest BCUT2D eigenvalue weighted by Gasteiger charge is -2.48. The molecule has 0 aromatic heterocycles. The molecule has 21 heavy (non-hydrogen) atoms. The quantitative estimate of drug-likeness (QED) is 0.276. The monoisotopic (exact) mass is 329 g/mol. The highest BCUT2D eigenvalue weighted by Crippen LogP contribution is 2.47. The van der Waals surface area contributed by atoms with Crippen molar-refractivity contribution in [2.45, 2.75) is 89.4 Å². The Morgan fingerprint density at radius 3 is 1.57 bits per heavy atom. The molecule has 1 nitrogen and oxygen atoms in total. The van der Waals surface area contributed by atoms with Crippen LogP contribution in [0.3, 0.4) is 0 Å². The van der Waals surface area contributed by atoms with E-state index in [-0.39, 0.29) is 0 Å². The first-order valence-electron chi connectivity index (χ1n) is 9.69. The molecule has 0 aromatic carbocycles. The molecule has 0 amide bonds. The van der Waals surface area contributed by atoms with Crippen molar-refractivity contribution in [1.29, 1.82) is 0 Å². The fraction of sp³-hybridized carbons (Fsp3) is 0.889. The summed E-state index contributed by atoms with van der Waals surface area (Å²) in [5.41, 5.74) is 0. The minimum atomic E-state index is -1.23. The second kappa shape index (κ2) is 10.8. The van der Waals surface area contributed by atoms with Gasteiger partial charge in [-0.2, -0.15) is 0 Å². The van der Waals surface area contributed by atoms with E-state index in [0.717, 1.165) is 11.8 Å². The van der Waals surface area contributed by atoms with Gasteiger partial charge >= 0.3 is 0 Å². The molecule has 126 valence electrons. The van der Waals surface area contributed by atoms with Crippen molar-refractivity contribution in [1.82, 2.24) is 0 Å². The van der Waals surface area contributed by atoms with E-state index in [4.69, 9.17) is 6.11 Å². The van der Waals surface area contributed by atoms with Crippen LogP contribution in [0.25, 0.3) is 0 Å². The molecule has 3 heteroatoms. The highest BCUT2D eigenvalue weighted by molar-refractivity contribution is 6.99. The molecular formula is C18H40OSi2. The Labute approximate surface area is 138 Å². The Hall–Kier alpha value is 0.134. The summed E-state index contributed by atoms with van der Waals surface area (Å²) in [4.78, 5) is 0. The van der Waals surface area contributed by atoms with Crippen molar-refractivity contribution in [2.24, 2.45) is 0 Å². The Morgan fingerprint density at radius 2 is 1.29 bits per heavy atom. The molecule has 0 fully saturated rings. The lowest BCUT2D eigenvalue weighted by molar-refractivity contribution is 0.160. The van der Waals surface area contributed by atoms with Crippen molar-refractivity contribution in [2.75, 3.05) is 13.2 Å². The van der Waals surface area contributed by atoms with Crippen LogP contribution in [0.4, 0.5) is 0 Å². The smallest absolute Gasteiger partial charge is 0.0644 e. The van der Waals surface area contributed by atoms with Gasteiger partial charge in [0.2, 0.25) is 0 Å². The van der Waals surface area contributed by atoms with Gasteiger partial charge in [0, 0.05) is 6.61 Å². The summed E-state index contributed by atoms with van der Waals surface area (Å²) < 4.78 is 13.4. The highest BCUT2D eigenvalue weighted by Gasteiger charge is 2.47. The predicted octanol–water partition coefficient (Wildman–Crippen LogP) is 6.51.